The number of piperidine rings is 1. The van der Waals surface area contributed by atoms with Gasteiger partial charge in [0.05, 0.1) is 0 Å². The van der Waals surface area contributed by atoms with Crippen LogP contribution in [0.4, 0.5) is 4.79 Å². The number of rotatable bonds is 9. The number of hydrogen-bond donors (Lipinski definition) is 4. The van der Waals surface area contributed by atoms with Gasteiger partial charge < -0.3 is 27.0 Å². The van der Waals surface area contributed by atoms with E-state index in [1.807, 2.05) is 6.92 Å². The third kappa shape index (κ3) is 8.40. The van der Waals surface area contributed by atoms with E-state index in [0.717, 1.165) is 32.1 Å². The van der Waals surface area contributed by atoms with E-state index < -0.39 is 12.1 Å². The van der Waals surface area contributed by atoms with Crippen molar-refractivity contribution in [3.05, 3.63) is 0 Å². The number of halogens is 1. The summed E-state index contributed by atoms with van der Waals surface area (Å²) in [5.74, 6) is -0.215. The fraction of sp³-hybridized carbons (Fsp3) is 0.812. The van der Waals surface area contributed by atoms with Gasteiger partial charge in [0.1, 0.15) is 6.04 Å². The summed E-state index contributed by atoms with van der Waals surface area (Å²) < 4.78 is 0. The Morgan fingerprint density at radius 2 is 2.00 bits per heavy atom. The van der Waals surface area contributed by atoms with E-state index in [1.54, 1.807) is 4.90 Å². The van der Waals surface area contributed by atoms with Crippen molar-refractivity contribution >= 4 is 30.3 Å². The van der Waals surface area contributed by atoms with E-state index in [0.29, 0.717) is 26.1 Å². The number of amides is 4. The molecule has 1 saturated heterocycles. The second-order valence-electron chi connectivity index (χ2n) is 6.23. The molecule has 2 atom stereocenters. The molecule has 0 aromatic rings. The average molecular weight is 378 g/mol. The Morgan fingerprint density at radius 3 is 2.60 bits per heavy atom. The normalized spacial score (nSPS) is 18.0. The van der Waals surface area contributed by atoms with Crippen LogP contribution in [-0.2, 0) is 9.59 Å². The molecule has 6 N–H and O–H groups in total. The van der Waals surface area contributed by atoms with Crippen LogP contribution in [0.5, 0.6) is 0 Å². The molecule has 0 spiro atoms. The first kappa shape index (κ1) is 23.5. The number of unbranched alkanes of at least 4 members (excludes halogenated alkanes) is 1. The van der Waals surface area contributed by atoms with Crippen molar-refractivity contribution in [1.82, 2.24) is 15.5 Å². The fourth-order valence-electron chi connectivity index (χ4n) is 2.99. The molecule has 0 aromatic heterocycles. The third-order valence-electron chi connectivity index (χ3n) is 4.28. The highest BCUT2D eigenvalue weighted by Crippen LogP contribution is 2.19. The van der Waals surface area contributed by atoms with Crippen molar-refractivity contribution in [2.75, 3.05) is 19.6 Å². The average Bonchev–Trinajstić information content (AvgIpc) is 2.56. The number of carbonyl (C=O) groups excluding carboxylic acids is 3. The third-order valence-corrected chi connectivity index (χ3v) is 4.28. The second-order valence-corrected chi connectivity index (χ2v) is 6.23. The zero-order chi connectivity index (χ0) is 17.9. The summed E-state index contributed by atoms with van der Waals surface area (Å²) in [6.07, 6.45) is 5.40. The quantitative estimate of drug-likeness (QED) is 0.465. The summed E-state index contributed by atoms with van der Waals surface area (Å²) in [6, 6.07) is -1.33. The monoisotopic (exact) mass is 377 g/mol. The number of likely N-dealkylation sites (tertiary alicyclic amines) is 1. The Labute approximate surface area is 155 Å². The lowest BCUT2D eigenvalue weighted by atomic mass is 9.99. The Kier molecular flexibility index (Phi) is 12.0. The molecule has 2 unspecified atom stereocenters. The van der Waals surface area contributed by atoms with Gasteiger partial charge in [0.25, 0.3) is 0 Å². The minimum atomic E-state index is -0.686. The first-order valence-electron chi connectivity index (χ1n) is 8.82. The van der Waals surface area contributed by atoms with Gasteiger partial charge in [0.15, 0.2) is 0 Å². The summed E-state index contributed by atoms with van der Waals surface area (Å²) in [5.41, 5.74) is 10.6. The van der Waals surface area contributed by atoms with Crippen LogP contribution in [0, 0.1) is 0 Å². The number of nitrogens with zero attached hydrogens (tertiary/aromatic N) is 1. The van der Waals surface area contributed by atoms with Gasteiger partial charge in [-0.25, -0.2) is 4.79 Å². The van der Waals surface area contributed by atoms with E-state index in [1.165, 1.54) is 0 Å². The number of urea groups is 1. The summed E-state index contributed by atoms with van der Waals surface area (Å²) in [5, 5.41) is 5.40. The zero-order valence-corrected chi connectivity index (χ0v) is 15.8. The van der Waals surface area contributed by atoms with Crippen molar-refractivity contribution in [2.24, 2.45) is 11.5 Å². The number of nitrogens with two attached hydrogens (primary N) is 2. The highest BCUT2D eigenvalue weighted by Gasteiger charge is 2.31. The molecule has 4 amide bonds. The highest BCUT2D eigenvalue weighted by molar-refractivity contribution is 5.87. The molecule has 0 aliphatic carbocycles. The number of nitrogens with one attached hydrogen (secondary N) is 2. The minimum Gasteiger partial charge on any atom is -0.354 e. The highest BCUT2D eigenvalue weighted by atomic mass is 35.5. The van der Waals surface area contributed by atoms with E-state index >= 15 is 0 Å². The molecule has 146 valence electrons. The van der Waals surface area contributed by atoms with Crippen molar-refractivity contribution in [3.8, 4) is 0 Å². The molecule has 0 radical (unpaired) electrons. The second kappa shape index (κ2) is 12.8. The van der Waals surface area contributed by atoms with Gasteiger partial charge in [0, 0.05) is 32.1 Å². The van der Waals surface area contributed by atoms with Crippen LogP contribution in [-0.4, -0.2) is 54.5 Å². The van der Waals surface area contributed by atoms with Gasteiger partial charge in [-0.3, -0.25) is 9.59 Å². The van der Waals surface area contributed by atoms with Crippen LogP contribution in [0.2, 0.25) is 0 Å². The molecule has 1 rings (SSSR count). The Hall–Kier alpha value is -1.54. The molecule has 25 heavy (non-hydrogen) atoms. The van der Waals surface area contributed by atoms with E-state index in [4.69, 9.17) is 11.5 Å². The number of hydrogen-bond acceptors (Lipinski definition) is 4. The molecule has 1 aliphatic rings. The first-order chi connectivity index (χ1) is 11.5. The minimum absolute atomic E-state index is 0. The van der Waals surface area contributed by atoms with Crippen LogP contribution < -0.4 is 22.1 Å². The van der Waals surface area contributed by atoms with Gasteiger partial charge in [-0.1, -0.05) is 19.8 Å². The van der Waals surface area contributed by atoms with Gasteiger partial charge in [-0.2, -0.15) is 0 Å². The molecule has 1 aliphatic heterocycles. The first-order valence-corrected chi connectivity index (χ1v) is 8.82. The molecular weight excluding hydrogens is 346 g/mol. The van der Waals surface area contributed by atoms with E-state index in [9.17, 15) is 14.4 Å². The largest absolute Gasteiger partial charge is 0.354 e. The van der Waals surface area contributed by atoms with Crippen molar-refractivity contribution in [1.29, 1.82) is 0 Å². The van der Waals surface area contributed by atoms with Crippen LogP contribution in [0.1, 0.15) is 51.9 Å². The van der Waals surface area contributed by atoms with Crippen molar-refractivity contribution < 1.29 is 14.4 Å². The lowest BCUT2D eigenvalue weighted by Gasteiger charge is -2.38. The van der Waals surface area contributed by atoms with E-state index in [2.05, 4.69) is 10.6 Å². The smallest absolute Gasteiger partial charge is 0.312 e. The molecule has 0 aromatic carbocycles. The topological polar surface area (TPSA) is 131 Å². The maximum absolute atomic E-state index is 12.8. The molecular formula is C16H32ClN5O3. The Balaban J connectivity index is 0.00000576. The molecule has 0 bridgehead atoms. The maximum atomic E-state index is 12.8. The van der Waals surface area contributed by atoms with E-state index in [-0.39, 0.29) is 36.7 Å². The molecule has 9 heteroatoms. The van der Waals surface area contributed by atoms with Crippen molar-refractivity contribution in [3.63, 3.8) is 0 Å². The SMILES string of the molecule is CCCCC(NC(N)=O)C(=O)N1CCCCC1CNC(=O)CCN.Cl. The molecule has 0 saturated carbocycles. The number of carbonyl (C=O) groups is 3. The lowest BCUT2D eigenvalue weighted by molar-refractivity contribution is -0.137. The van der Waals surface area contributed by atoms with Gasteiger partial charge in [0.2, 0.25) is 11.8 Å². The predicted octanol–water partition coefficient (Wildman–Crippen LogP) is 0.481. The maximum Gasteiger partial charge on any atom is 0.312 e. The van der Waals surface area contributed by atoms with Gasteiger partial charge in [-0.05, 0) is 25.7 Å². The molecule has 1 heterocycles. The van der Waals surface area contributed by atoms with Gasteiger partial charge in [-0.15, -0.1) is 12.4 Å². The Morgan fingerprint density at radius 1 is 1.28 bits per heavy atom. The molecule has 8 nitrogen and oxygen atoms in total. The van der Waals surface area contributed by atoms with Crippen LogP contribution in [0.15, 0.2) is 0 Å². The molecule has 1 fully saturated rings. The van der Waals surface area contributed by atoms with Crippen LogP contribution in [0.25, 0.3) is 0 Å². The Bertz CT molecular complexity index is 436. The van der Waals surface area contributed by atoms with Crippen LogP contribution in [0.3, 0.4) is 0 Å². The summed E-state index contributed by atoms with van der Waals surface area (Å²) in [6.45, 7) is 3.39. The summed E-state index contributed by atoms with van der Waals surface area (Å²) in [7, 11) is 0. The standard InChI is InChI=1S/C16H31N5O3.ClH/c1-2-3-7-13(20-16(18)24)15(23)21-10-5-4-6-12(21)11-19-14(22)8-9-17;/h12-13H,2-11,17H2,1H3,(H,19,22)(H3,18,20,24);1H. The lowest BCUT2D eigenvalue weighted by Crippen LogP contribution is -2.56. The fourth-order valence-corrected chi connectivity index (χ4v) is 2.99. The summed E-state index contributed by atoms with van der Waals surface area (Å²) >= 11 is 0. The van der Waals surface area contributed by atoms with Gasteiger partial charge >= 0.3 is 6.03 Å². The zero-order valence-electron chi connectivity index (χ0n) is 15.0. The van der Waals surface area contributed by atoms with Crippen molar-refractivity contribution in [2.45, 2.75) is 64.0 Å². The number of primary amides is 1. The predicted molar refractivity (Wildman–Crippen MR) is 99.3 cm³/mol. The summed E-state index contributed by atoms with van der Waals surface area (Å²) in [4.78, 5) is 37.4. The van der Waals surface area contributed by atoms with Crippen LogP contribution >= 0.6 is 12.4 Å².